The number of furan rings is 1. The maximum absolute atomic E-state index is 6.14. The summed E-state index contributed by atoms with van der Waals surface area (Å²) in [6.45, 7) is 6.88. The summed E-state index contributed by atoms with van der Waals surface area (Å²) in [4.78, 5) is 0. The quantitative estimate of drug-likeness (QED) is 0.882. The Morgan fingerprint density at radius 1 is 1.41 bits per heavy atom. The van der Waals surface area contributed by atoms with E-state index in [1.165, 1.54) is 0 Å². The van der Waals surface area contributed by atoms with Crippen LogP contribution in [0.15, 0.2) is 22.6 Å². The molecule has 0 aliphatic heterocycles. The van der Waals surface area contributed by atoms with Crippen LogP contribution in [0.3, 0.4) is 0 Å². The van der Waals surface area contributed by atoms with Crippen molar-refractivity contribution >= 4 is 0 Å². The zero-order chi connectivity index (χ0) is 12.4. The van der Waals surface area contributed by atoms with Gasteiger partial charge in [0.05, 0.1) is 11.7 Å². The van der Waals surface area contributed by atoms with Gasteiger partial charge >= 0.3 is 0 Å². The minimum absolute atomic E-state index is 0.106. The molecule has 1 atom stereocenters. The van der Waals surface area contributed by atoms with Gasteiger partial charge < -0.3 is 10.2 Å². The molecule has 0 aliphatic carbocycles. The number of nitrogens with two attached hydrogens (primary N) is 1. The number of aromatic nitrogens is 2. The number of aryl methyl sites for hydroxylation is 3. The molecule has 0 aliphatic rings. The minimum atomic E-state index is -0.106. The van der Waals surface area contributed by atoms with Gasteiger partial charge in [-0.2, -0.15) is 5.10 Å². The Morgan fingerprint density at radius 2 is 2.18 bits per heavy atom. The fourth-order valence-electron chi connectivity index (χ4n) is 2.02. The summed E-state index contributed by atoms with van der Waals surface area (Å²) in [5, 5.41) is 4.41. The highest BCUT2D eigenvalue weighted by molar-refractivity contribution is 5.15. The first-order chi connectivity index (χ1) is 8.10. The zero-order valence-corrected chi connectivity index (χ0v) is 10.6. The first kappa shape index (κ1) is 11.9. The fraction of sp³-hybridized carbons (Fsp3) is 0.462. The Balaban J connectivity index is 2.14. The van der Waals surface area contributed by atoms with Crippen molar-refractivity contribution in [2.45, 2.75) is 39.8 Å². The highest BCUT2D eigenvalue weighted by Gasteiger charge is 2.14. The molecule has 92 valence electrons. The number of hydrogen-bond donors (Lipinski definition) is 1. The Bertz CT molecular complexity index is 498. The Kier molecular flexibility index (Phi) is 3.33. The van der Waals surface area contributed by atoms with Crippen molar-refractivity contribution in [2.75, 3.05) is 0 Å². The summed E-state index contributed by atoms with van der Waals surface area (Å²) in [6.07, 6.45) is 0.752. The van der Waals surface area contributed by atoms with E-state index >= 15 is 0 Å². The number of rotatable bonds is 4. The first-order valence-corrected chi connectivity index (χ1v) is 5.95. The van der Waals surface area contributed by atoms with Gasteiger partial charge in [-0.05, 0) is 39.0 Å². The molecular formula is C13H19N3O. The van der Waals surface area contributed by atoms with Gasteiger partial charge in [-0.3, -0.25) is 4.68 Å². The van der Waals surface area contributed by atoms with Crippen molar-refractivity contribution in [1.82, 2.24) is 9.78 Å². The second-order valence-corrected chi connectivity index (χ2v) is 4.35. The van der Waals surface area contributed by atoms with Gasteiger partial charge in [-0.1, -0.05) is 0 Å². The third-order valence-electron chi connectivity index (χ3n) is 2.84. The van der Waals surface area contributed by atoms with Crippen molar-refractivity contribution in [3.05, 3.63) is 41.1 Å². The van der Waals surface area contributed by atoms with Crippen LogP contribution in [0.2, 0.25) is 0 Å². The highest BCUT2D eigenvalue weighted by Crippen LogP contribution is 2.19. The summed E-state index contributed by atoms with van der Waals surface area (Å²) in [7, 11) is 0. The van der Waals surface area contributed by atoms with Crippen LogP contribution in [0.4, 0.5) is 0 Å². The van der Waals surface area contributed by atoms with Gasteiger partial charge in [0.1, 0.15) is 11.5 Å². The standard InChI is InChI=1S/C13H19N3O/c1-4-16-11(7-9(2)15-16)8-12(14)13-6-5-10(3)17-13/h5-7,12H,4,8,14H2,1-3H3. The van der Waals surface area contributed by atoms with Crippen LogP contribution in [0.5, 0.6) is 0 Å². The van der Waals surface area contributed by atoms with Crippen molar-refractivity contribution in [2.24, 2.45) is 5.73 Å². The molecule has 2 N–H and O–H groups in total. The lowest BCUT2D eigenvalue weighted by Crippen LogP contribution is -2.15. The summed E-state index contributed by atoms with van der Waals surface area (Å²) < 4.78 is 7.53. The molecule has 0 saturated carbocycles. The lowest BCUT2D eigenvalue weighted by Gasteiger charge is -2.10. The average Bonchev–Trinajstić information content (AvgIpc) is 2.85. The molecule has 0 amide bonds. The van der Waals surface area contributed by atoms with E-state index in [4.69, 9.17) is 10.2 Å². The summed E-state index contributed by atoms with van der Waals surface area (Å²) in [5.74, 6) is 1.74. The van der Waals surface area contributed by atoms with Crippen molar-refractivity contribution in [3.63, 3.8) is 0 Å². The predicted molar refractivity (Wildman–Crippen MR) is 66.7 cm³/mol. The molecule has 17 heavy (non-hydrogen) atoms. The molecule has 0 saturated heterocycles. The molecule has 0 fully saturated rings. The molecule has 2 aromatic rings. The van der Waals surface area contributed by atoms with Crippen molar-refractivity contribution < 1.29 is 4.42 Å². The van der Waals surface area contributed by atoms with Crippen LogP contribution in [0, 0.1) is 13.8 Å². The van der Waals surface area contributed by atoms with E-state index in [0.29, 0.717) is 0 Å². The predicted octanol–water partition coefficient (Wildman–Crippen LogP) is 2.36. The molecule has 0 radical (unpaired) electrons. The lowest BCUT2D eigenvalue weighted by molar-refractivity contribution is 0.438. The lowest BCUT2D eigenvalue weighted by atomic mass is 10.1. The topological polar surface area (TPSA) is 57.0 Å². The van der Waals surface area contributed by atoms with E-state index in [1.54, 1.807) is 0 Å². The maximum Gasteiger partial charge on any atom is 0.121 e. The monoisotopic (exact) mass is 233 g/mol. The zero-order valence-electron chi connectivity index (χ0n) is 10.6. The van der Waals surface area contributed by atoms with E-state index in [0.717, 1.165) is 35.9 Å². The van der Waals surface area contributed by atoms with E-state index < -0.39 is 0 Å². The Labute approximate surface area is 101 Å². The normalized spacial score (nSPS) is 12.9. The third-order valence-corrected chi connectivity index (χ3v) is 2.84. The van der Waals surface area contributed by atoms with Gasteiger partial charge in [-0.15, -0.1) is 0 Å². The molecule has 0 spiro atoms. The second kappa shape index (κ2) is 4.75. The van der Waals surface area contributed by atoms with Gasteiger partial charge in [-0.25, -0.2) is 0 Å². The van der Waals surface area contributed by atoms with E-state index in [1.807, 2.05) is 30.7 Å². The highest BCUT2D eigenvalue weighted by atomic mass is 16.3. The molecular weight excluding hydrogens is 214 g/mol. The van der Waals surface area contributed by atoms with Gasteiger partial charge in [0.15, 0.2) is 0 Å². The van der Waals surface area contributed by atoms with Crippen LogP contribution < -0.4 is 5.73 Å². The van der Waals surface area contributed by atoms with E-state index in [9.17, 15) is 0 Å². The fourth-order valence-corrected chi connectivity index (χ4v) is 2.02. The summed E-state index contributed by atoms with van der Waals surface area (Å²) in [6, 6.07) is 5.86. The van der Waals surface area contributed by atoms with Crippen LogP contribution >= 0.6 is 0 Å². The SMILES string of the molecule is CCn1nc(C)cc1CC(N)c1ccc(C)o1. The van der Waals surface area contributed by atoms with Crippen LogP contribution in [0.1, 0.15) is 35.9 Å². The van der Waals surface area contributed by atoms with Gasteiger partial charge in [0.2, 0.25) is 0 Å². The summed E-state index contributed by atoms with van der Waals surface area (Å²) >= 11 is 0. The summed E-state index contributed by atoms with van der Waals surface area (Å²) in [5.41, 5.74) is 8.33. The third kappa shape index (κ3) is 2.58. The van der Waals surface area contributed by atoms with Crippen LogP contribution in [0.25, 0.3) is 0 Å². The van der Waals surface area contributed by atoms with Crippen molar-refractivity contribution in [3.8, 4) is 0 Å². The van der Waals surface area contributed by atoms with Gasteiger partial charge in [0.25, 0.3) is 0 Å². The molecule has 4 heteroatoms. The van der Waals surface area contributed by atoms with Crippen LogP contribution in [-0.2, 0) is 13.0 Å². The molecule has 2 aromatic heterocycles. The maximum atomic E-state index is 6.14. The largest absolute Gasteiger partial charge is 0.465 e. The molecule has 2 heterocycles. The average molecular weight is 233 g/mol. The molecule has 2 rings (SSSR count). The van der Waals surface area contributed by atoms with Crippen LogP contribution in [-0.4, -0.2) is 9.78 Å². The molecule has 0 aromatic carbocycles. The van der Waals surface area contributed by atoms with E-state index in [-0.39, 0.29) is 6.04 Å². The minimum Gasteiger partial charge on any atom is -0.465 e. The van der Waals surface area contributed by atoms with E-state index in [2.05, 4.69) is 18.1 Å². The Morgan fingerprint density at radius 3 is 2.76 bits per heavy atom. The second-order valence-electron chi connectivity index (χ2n) is 4.35. The van der Waals surface area contributed by atoms with Crippen molar-refractivity contribution in [1.29, 1.82) is 0 Å². The number of hydrogen-bond acceptors (Lipinski definition) is 3. The molecule has 0 bridgehead atoms. The first-order valence-electron chi connectivity index (χ1n) is 5.95. The Hall–Kier alpha value is -1.55. The smallest absolute Gasteiger partial charge is 0.121 e. The molecule has 4 nitrogen and oxygen atoms in total. The number of nitrogens with zero attached hydrogens (tertiary/aromatic N) is 2. The van der Waals surface area contributed by atoms with Gasteiger partial charge in [0, 0.05) is 18.7 Å². The molecule has 1 unspecified atom stereocenters.